The highest BCUT2D eigenvalue weighted by Gasteiger charge is 2.02. The van der Waals surface area contributed by atoms with Crippen molar-refractivity contribution < 1.29 is 0 Å². The zero-order valence-corrected chi connectivity index (χ0v) is 12.9. The number of anilines is 1. The van der Waals surface area contributed by atoms with Crippen molar-refractivity contribution in [1.82, 2.24) is 0 Å². The molecule has 0 saturated carbocycles. The van der Waals surface area contributed by atoms with Gasteiger partial charge in [-0.25, -0.2) is 0 Å². The third kappa shape index (κ3) is 4.52. The molecule has 2 rings (SSSR count). The lowest BCUT2D eigenvalue weighted by Crippen LogP contribution is -2.07. The third-order valence-electron chi connectivity index (χ3n) is 3.07. The van der Waals surface area contributed by atoms with Gasteiger partial charge in [-0.3, -0.25) is 0 Å². The molecule has 5 nitrogen and oxygen atoms in total. The lowest BCUT2D eigenvalue weighted by molar-refractivity contribution is 1.13. The second-order valence-corrected chi connectivity index (χ2v) is 4.93. The molecule has 0 aromatic heterocycles. The van der Waals surface area contributed by atoms with E-state index in [1.54, 1.807) is 30.3 Å². The molecule has 0 atom stereocenters. The minimum absolute atomic E-state index is 0.0420. The van der Waals surface area contributed by atoms with Gasteiger partial charge in [-0.1, -0.05) is 12.1 Å². The number of hydrogen-bond donors (Lipinski definition) is 0. The average Bonchev–Trinajstić information content (AvgIpc) is 2.59. The Kier molecular flexibility index (Phi) is 5.22. The molecule has 0 amide bonds. The normalized spacial score (nSPS) is 9.91. The summed E-state index contributed by atoms with van der Waals surface area (Å²) in [6, 6.07) is 15.0. The van der Waals surface area contributed by atoms with Gasteiger partial charge in [0.1, 0.15) is 13.1 Å². The Bertz CT molecular complexity index is 784. The van der Waals surface area contributed by atoms with Crippen molar-refractivity contribution in [3.05, 3.63) is 82.7 Å². The number of hydrogen-bond acceptors (Lipinski definition) is 3. The van der Waals surface area contributed by atoms with Crippen LogP contribution in [0.25, 0.3) is 15.8 Å². The van der Waals surface area contributed by atoms with Gasteiger partial charge in [0.2, 0.25) is 0 Å². The first kappa shape index (κ1) is 15.9. The van der Waals surface area contributed by atoms with Crippen LogP contribution in [0.15, 0.2) is 64.6 Å². The van der Waals surface area contributed by atoms with Crippen molar-refractivity contribution in [2.45, 2.75) is 0 Å². The van der Waals surface area contributed by atoms with Crippen LogP contribution in [0.1, 0.15) is 5.56 Å². The van der Waals surface area contributed by atoms with Crippen LogP contribution >= 0.6 is 0 Å². The lowest BCUT2D eigenvalue weighted by Gasteiger charge is -2.11. The topological polar surface area (TPSA) is 36.7 Å². The predicted octanol–water partition coefficient (Wildman–Crippen LogP) is 5.30. The van der Waals surface area contributed by atoms with Crippen LogP contribution in [0.3, 0.4) is 0 Å². The van der Waals surface area contributed by atoms with Gasteiger partial charge in [-0.05, 0) is 42.0 Å². The summed E-state index contributed by atoms with van der Waals surface area (Å²) < 4.78 is 0. The Balaban J connectivity index is 2.10. The van der Waals surface area contributed by atoms with Gasteiger partial charge >= 0.3 is 5.82 Å². The smallest absolute Gasteiger partial charge is 0.378 e. The molecule has 0 unspecified atom stereocenters. The molecule has 0 radical (unpaired) electrons. The van der Waals surface area contributed by atoms with Gasteiger partial charge in [0, 0.05) is 25.9 Å². The number of rotatable bonds is 4. The SMILES string of the molecule is [C-]#[N+]C(=Cc1ccc(N=Nc2ccc(N(C)C)cc2)cc1)[N+]#[C-]. The predicted molar refractivity (Wildman–Crippen MR) is 92.6 cm³/mol. The highest BCUT2D eigenvalue weighted by Crippen LogP contribution is 2.22. The van der Waals surface area contributed by atoms with Crippen LogP contribution in [0.2, 0.25) is 0 Å². The van der Waals surface area contributed by atoms with Crippen molar-refractivity contribution >= 4 is 23.1 Å². The molecule has 112 valence electrons. The molecule has 5 heteroatoms. The fraction of sp³-hybridized carbons (Fsp3) is 0.111. The zero-order valence-electron chi connectivity index (χ0n) is 12.9. The van der Waals surface area contributed by atoms with E-state index in [0.717, 1.165) is 16.9 Å². The molecule has 0 aliphatic rings. The van der Waals surface area contributed by atoms with Crippen LogP contribution in [0.4, 0.5) is 17.1 Å². The van der Waals surface area contributed by atoms with Crippen molar-refractivity contribution in [3.8, 4) is 0 Å². The summed E-state index contributed by atoms with van der Waals surface area (Å²) in [5.41, 5.74) is 3.39. The van der Waals surface area contributed by atoms with Crippen LogP contribution in [-0.2, 0) is 0 Å². The van der Waals surface area contributed by atoms with Gasteiger partial charge in [0.25, 0.3) is 0 Å². The fourth-order valence-corrected chi connectivity index (χ4v) is 1.81. The van der Waals surface area contributed by atoms with E-state index in [-0.39, 0.29) is 5.82 Å². The van der Waals surface area contributed by atoms with E-state index in [1.165, 1.54) is 0 Å². The Morgan fingerprint density at radius 1 is 0.870 bits per heavy atom. The Morgan fingerprint density at radius 2 is 1.35 bits per heavy atom. The first-order valence-corrected chi connectivity index (χ1v) is 6.88. The van der Waals surface area contributed by atoms with E-state index < -0.39 is 0 Å². The summed E-state index contributed by atoms with van der Waals surface area (Å²) in [4.78, 5) is 8.28. The van der Waals surface area contributed by atoms with E-state index in [1.807, 2.05) is 43.3 Å². The fourth-order valence-electron chi connectivity index (χ4n) is 1.81. The minimum atomic E-state index is 0.0420. The number of benzene rings is 2. The van der Waals surface area contributed by atoms with E-state index in [9.17, 15) is 0 Å². The highest BCUT2D eigenvalue weighted by atomic mass is 15.1. The van der Waals surface area contributed by atoms with Gasteiger partial charge in [-0.2, -0.15) is 19.9 Å². The first-order valence-electron chi connectivity index (χ1n) is 6.88. The van der Waals surface area contributed by atoms with E-state index in [2.05, 4.69) is 19.9 Å². The van der Waals surface area contributed by atoms with Gasteiger partial charge in [0.15, 0.2) is 0 Å². The standard InChI is InChI=1S/C18H15N5/c1-19-18(20-2)13-14-5-7-15(8-6-14)21-22-16-9-11-17(12-10-16)23(3)4/h5-13H,3-4H3. The van der Waals surface area contributed by atoms with Gasteiger partial charge < -0.3 is 4.90 Å². The molecule has 2 aromatic carbocycles. The van der Waals surface area contributed by atoms with Crippen molar-refractivity contribution in [3.63, 3.8) is 0 Å². The Labute approximate surface area is 135 Å². The van der Waals surface area contributed by atoms with E-state index in [4.69, 9.17) is 13.1 Å². The van der Waals surface area contributed by atoms with Crippen molar-refractivity contribution in [2.24, 2.45) is 10.2 Å². The molecule has 0 spiro atoms. The molecule has 0 heterocycles. The maximum atomic E-state index is 6.86. The number of nitrogens with zero attached hydrogens (tertiary/aromatic N) is 5. The van der Waals surface area contributed by atoms with Crippen LogP contribution in [0.5, 0.6) is 0 Å². The first-order chi connectivity index (χ1) is 11.1. The summed E-state index contributed by atoms with van der Waals surface area (Å²) >= 11 is 0. The maximum absolute atomic E-state index is 6.86. The van der Waals surface area contributed by atoms with Crippen LogP contribution in [0, 0.1) is 13.1 Å². The molecule has 0 N–H and O–H groups in total. The maximum Gasteiger partial charge on any atom is 0.519 e. The molecule has 0 aliphatic carbocycles. The summed E-state index contributed by atoms with van der Waals surface area (Å²) in [6.45, 7) is 13.7. The molecule has 0 bridgehead atoms. The van der Waals surface area contributed by atoms with Crippen molar-refractivity contribution in [2.75, 3.05) is 19.0 Å². The Morgan fingerprint density at radius 3 is 1.78 bits per heavy atom. The quantitative estimate of drug-likeness (QED) is 0.557. The summed E-state index contributed by atoms with van der Waals surface area (Å²) in [5.74, 6) is 0.0420. The summed E-state index contributed by atoms with van der Waals surface area (Å²) in [6.07, 6.45) is 1.54. The van der Waals surface area contributed by atoms with Gasteiger partial charge in [0.05, 0.1) is 11.4 Å². The van der Waals surface area contributed by atoms with Gasteiger partial charge in [-0.15, -0.1) is 0 Å². The van der Waals surface area contributed by atoms with E-state index in [0.29, 0.717) is 5.69 Å². The summed E-state index contributed by atoms with van der Waals surface area (Å²) in [5, 5.41) is 8.38. The third-order valence-corrected chi connectivity index (χ3v) is 3.07. The average molecular weight is 301 g/mol. The zero-order chi connectivity index (χ0) is 16.7. The molecule has 0 saturated heterocycles. The minimum Gasteiger partial charge on any atom is -0.378 e. The monoisotopic (exact) mass is 301 g/mol. The lowest BCUT2D eigenvalue weighted by atomic mass is 10.2. The van der Waals surface area contributed by atoms with Crippen molar-refractivity contribution in [1.29, 1.82) is 0 Å². The highest BCUT2D eigenvalue weighted by molar-refractivity contribution is 5.58. The number of azo groups is 1. The molecule has 0 fully saturated rings. The second kappa shape index (κ2) is 7.53. The second-order valence-electron chi connectivity index (χ2n) is 4.93. The molecule has 2 aromatic rings. The molecule has 0 aliphatic heterocycles. The molecular formula is C18H15N5. The molecular weight excluding hydrogens is 286 g/mol. The Hall–Kier alpha value is -3.44. The molecule has 23 heavy (non-hydrogen) atoms. The largest absolute Gasteiger partial charge is 0.519 e. The van der Waals surface area contributed by atoms with Crippen LogP contribution < -0.4 is 4.90 Å². The van der Waals surface area contributed by atoms with E-state index >= 15 is 0 Å². The van der Waals surface area contributed by atoms with Crippen LogP contribution in [-0.4, -0.2) is 14.1 Å². The summed E-state index contributed by atoms with van der Waals surface area (Å²) in [7, 11) is 3.97.